The average molecular weight is 641 g/mol. The van der Waals surface area contributed by atoms with Gasteiger partial charge in [-0.2, -0.15) is 5.10 Å². The first kappa shape index (κ1) is 30.9. The molecule has 1 aromatic heterocycles. The van der Waals surface area contributed by atoms with Gasteiger partial charge in [0, 0.05) is 41.5 Å². The van der Waals surface area contributed by atoms with Gasteiger partial charge < -0.3 is 10.1 Å². The van der Waals surface area contributed by atoms with Crippen molar-refractivity contribution in [2.45, 2.75) is 39.7 Å². The molecule has 0 unspecified atom stereocenters. The summed E-state index contributed by atoms with van der Waals surface area (Å²) in [5.74, 6) is -0.627. The molecule has 8 nitrogen and oxygen atoms in total. The van der Waals surface area contributed by atoms with Crippen LogP contribution < -0.4 is 10.7 Å². The number of hydrazine groups is 1. The third-order valence-electron chi connectivity index (χ3n) is 7.28. The Morgan fingerprint density at radius 1 is 0.930 bits per heavy atom. The van der Waals surface area contributed by atoms with Crippen molar-refractivity contribution in [2.24, 2.45) is 0 Å². The summed E-state index contributed by atoms with van der Waals surface area (Å²) in [5, 5.41) is 11.4. The maximum absolute atomic E-state index is 13.4. The standard InChI is InChI=1S/C32H32Cl3N5O3/c1-3-43-32(42)22-9-7-21(8-10-22)19-36-24-12-14-28(27(35)18-24)40-30(25-13-11-23(33)17-26(25)34)20(2)29(37-40)31(41)38-39-15-5-4-6-16-39/h7-14,17-18,36H,3-6,15-16,19H2,1-2H3,(H,38,41). The number of carbonyl (C=O) groups is 2. The van der Waals surface area contributed by atoms with Gasteiger partial charge in [-0.05, 0) is 80.8 Å². The van der Waals surface area contributed by atoms with Gasteiger partial charge in [0.05, 0.1) is 33.6 Å². The number of esters is 1. The largest absolute Gasteiger partial charge is 0.462 e. The lowest BCUT2D eigenvalue weighted by molar-refractivity contribution is 0.0526. The summed E-state index contributed by atoms with van der Waals surface area (Å²) in [5.41, 5.74) is 8.17. The Balaban J connectivity index is 1.43. The van der Waals surface area contributed by atoms with Crippen LogP contribution in [0.15, 0.2) is 60.7 Å². The highest BCUT2D eigenvalue weighted by Crippen LogP contribution is 2.37. The van der Waals surface area contributed by atoms with E-state index < -0.39 is 0 Å². The molecule has 1 saturated heterocycles. The highest BCUT2D eigenvalue weighted by molar-refractivity contribution is 6.36. The summed E-state index contributed by atoms with van der Waals surface area (Å²) in [4.78, 5) is 25.3. The number of nitrogens with zero attached hydrogens (tertiary/aromatic N) is 3. The molecule has 0 aliphatic carbocycles. The number of halogens is 3. The van der Waals surface area contributed by atoms with Crippen molar-refractivity contribution in [2.75, 3.05) is 25.0 Å². The molecule has 1 fully saturated rings. The zero-order valence-electron chi connectivity index (χ0n) is 23.9. The fraction of sp³-hybridized carbons (Fsp3) is 0.281. The number of nitrogens with one attached hydrogen (secondary N) is 2. The van der Waals surface area contributed by atoms with Crippen LogP contribution in [0.1, 0.15) is 58.2 Å². The molecule has 1 aliphatic heterocycles. The Kier molecular flexibility index (Phi) is 9.93. The predicted octanol–water partition coefficient (Wildman–Crippen LogP) is 7.73. The molecule has 3 aromatic carbocycles. The minimum atomic E-state index is -0.343. The predicted molar refractivity (Wildman–Crippen MR) is 171 cm³/mol. The second kappa shape index (κ2) is 13.8. The molecule has 0 radical (unpaired) electrons. The molecule has 1 amide bonds. The molecule has 4 aromatic rings. The summed E-state index contributed by atoms with van der Waals surface area (Å²) < 4.78 is 6.71. The summed E-state index contributed by atoms with van der Waals surface area (Å²) >= 11 is 19.7. The first-order chi connectivity index (χ1) is 20.7. The van der Waals surface area contributed by atoms with Crippen LogP contribution >= 0.6 is 34.8 Å². The fourth-order valence-corrected chi connectivity index (χ4v) is 5.81. The zero-order valence-corrected chi connectivity index (χ0v) is 26.2. The van der Waals surface area contributed by atoms with E-state index in [2.05, 4.69) is 10.7 Å². The molecule has 0 atom stereocenters. The Hall–Kier alpha value is -3.56. The van der Waals surface area contributed by atoms with Crippen LogP contribution in [0.25, 0.3) is 16.9 Å². The number of benzene rings is 3. The quantitative estimate of drug-likeness (QED) is 0.182. The fourth-order valence-electron chi connectivity index (χ4n) is 5.05. The number of carbonyl (C=O) groups excluding carboxylic acids is 2. The summed E-state index contributed by atoms with van der Waals surface area (Å²) in [6.07, 6.45) is 3.23. The van der Waals surface area contributed by atoms with Crippen molar-refractivity contribution >= 4 is 52.4 Å². The summed E-state index contributed by atoms with van der Waals surface area (Å²) in [6, 6.07) is 18.0. The molecule has 1 aliphatic rings. The van der Waals surface area contributed by atoms with E-state index in [-0.39, 0.29) is 17.6 Å². The molecule has 43 heavy (non-hydrogen) atoms. The molecule has 11 heteroatoms. The van der Waals surface area contributed by atoms with Gasteiger partial charge in [0.15, 0.2) is 5.69 Å². The average Bonchev–Trinajstić information content (AvgIpc) is 3.33. The van der Waals surface area contributed by atoms with Gasteiger partial charge in [0.25, 0.3) is 5.91 Å². The van der Waals surface area contributed by atoms with Crippen LogP contribution in [-0.2, 0) is 11.3 Å². The van der Waals surface area contributed by atoms with Crippen LogP contribution in [0.2, 0.25) is 15.1 Å². The first-order valence-electron chi connectivity index (χ1n) is 14.2. The topological polar surface area (TPSA) is 88.5 Å². The van der Waals surface area contributed by atoms with Crippen LogP contribution in [0.4, 0.5) is 5.69 Å². The number of rotatable bonds is 9. The van der Waals surface area contributed by atoms with E-state index in [4.69, 9.17) is 44.6 Å². The molecule has 0 bridgehead atoms. The molecule has 0 saturated carbocycles. The van der Waals surface area contributed by atoms with Crippen LogP contribution in [-0.4, -0.2) is 46.4 Å². The Morgan fingerprint density at radius 3 is 2.35 bits per heavy atom. The van der Waals surface area contributed by atoms with E-state index in [9.17, 15) is 9.59 Å². The minimum absolute atomic E-state index is 0.284. The first-order valence-corrected chi connectivity index (χ1v) is 15.3. The number of piperidine rings is 1. The maximum atomic E-state index is 13.4. The van der Waals surface area contributed by atoms with Gasteiger partial charge in [-0.15, -0.1) is 0 Å². The molecule has 0 spiro atoms. The smallest absolute Gasteiger partial charge is 0.338 e. The maximum Gasteiger partial charge on any atom is 0.338 e. The number of amides is 1. The number of aromatic nitrogens is 2. The van der Waals surface area contributed by atoms with Crippen LogP contribution in [0, 0.1) is 6.92 Å². The van der Waals surface area contributed by atoms with Crippen LogP contribution in [0.3, 0.4) is 0 Å². The summed E-state index contributed by atoms with van der Waals surface area (Å²) in [6.45, 7) is 6.09. The monoisotopic (exact) mass is 639 g/mol. The van der Waals surface area contributed by atoms with Gasteiger partial charge >= 0.3 is 5.97 Å². The van der Waals surface area contributed by atoms with Gasteiger partial charge in [0.1, 0.15) is 0 Å². The molecule has 224 valence electrons. The van der Waals surface area contributed by atoms with E-state index in [1.165, 1.54) is 0 Å². The van der Waals surface area contributed by atoms with Gasteiger partial charge in [-0.25, -0.2) is 14.5 Å². The van der Waals surface area contributed by atoms with Crippen molar-refractivity contribution in [3.63, 3.8) is 0 Å². The summed E-state index contributed by atoms with van der Waals surface area (Å²) in [7, 11) is 0. The lowest BCUT2D eigenvalue weighted by Crippen LogP contribution is -2.45. The molecular formula is C32H32Cl3N5O3. The molecule has 5 rings (SSSR count). The van der Waals surface area contributed by atoms with Crippen molar-refractivity contribution < 1.29 is 14.3 Å². The number of hydrogen-bond acceptors (Lipinski definition) is 6. The van der Waals surface area contributed by atoms with Crippen molar-refractivity contribution in [3.05, 3.63) is 98.1 Å². The van der Waals surface area contributed by atoms with E-state index in [1.54, 1.807) is 35.9 Å². The molecule has 2 N–H and O–H groups in total. The number of anilines is 1. The van der Waals surface area contributed by atoms with Crippen molar-refractivity contribution in [1.82, 2.24) is 20.2 Å². The minimum Gasteiger partial charge on any atom is -0.462 e. The highest BCUT2D eigenvalue weighted by atomic mass is 35.5. The third kappa shape index (κ3) is 7.16. The van der Waals surface area contributed by atoms with Crippen molar-refractivity contribution in [3.8, 4) is 16.9 Å². The van der Waals surface area contributed by atoms with Crippen LogP contribution in [0.5, 0.6) is 0 Å². The van der Waals surface area contributed by atoms with Crippen molar-refractivity contribution in [1.29, 1.82) is 0 Å². The highest BCUT2D eigenvalue weighted by Gasteiger charge is 2.26. The normalized spacial score (nSPS) is 13.5. The number of ether oxygens (including phenoxy) is 1. The van der Waals surface area contributed by atoms with E-state index in [0.29, 0.717) is 56.3 Å². The van der Waals surface area contributed by atoms with Gasteiger partial charge in [0.2, 0.25) is 0 Å². The second-order valence-electron chi connectivity index (χ2n) is 10.3. The van der Waals surface area contributed by atoms with E-state index in [1.807, 2.05) is 48.3 Å². The second-order valence-corrected chi connectivity index (χ2v) is 11.5. The lowest BCUT2D eigenvalue weighted by Gasteiger charge is -2.26. The Bertz CT molecular complexity index is 1630. The Morgan fingerprint density at radius 2 is 1.67 bits per heavy atom. The van der Waals surface area contributed by atoms with E-state index >= 15 is 0 Å². The number of hydrogen-bond donors (Lipinski definition) is 2. The zero-order chi connectivity index (χ0) is 30.5. The molecule has 2 heterocycles. The molecular weight excluding hydrogens is 609 g/mol. The lowest BCUT2D eigenvalue weighted by atomic mass is 10.1. The van der Waals surface area contributed by atoms with Gasteiger partial charge in [-0.3, -0.25) is 10.2 Å². The SMILES string of the molecule is CCOC(=O)c1ccc(CNc2ccc(-n3nc(C(=O)NN4CCCCC4)c(C)c3-c3ccc(Cl)cc3Cl)c(Cl)c2)cc1. The van der Waals surface area contributed by atoms with Gasteiger partial charge in [-0.1, -0.05) is 53.4 Å². The Labute approximate surface area is 265 Å². The van der Waals surface area contributed by atoms with E-state index in [0.717, 1.165) is 43.6 Å². The third-order valence-corrected chi connectivity index (χ3v) is 8.13.